The number of nitrogens with two attached hydrogens (primary N) is 1. The molecule has 0 bridgehead atoms. The molecule has 2 rings (SSSR count). The van der Waals surface area contributed by atoms with Crippen LogP contribution in [-0.2, 0) is 11.2 Å². The summed E-state index contributed by atoms with van der Waals surface area (Å²) in [6.07, 6.45) is 1.96. The number of para-hydroxylation sites is 1. The minimum absolute atomic E-state index is 0.0699. The molecular weight excluding hydrogens is 240 g/mol. The quantitative estimate of drug-likeness (QED) is 0.906. The van der Waals surface area contributed by atoms with Crippen LogP contribution in [0.2, 0.25) is 0 Å². The molecule has 2 N–H and O–H groups in total. The molecule has 0 fully saturated rings. The van der Waals surface area contributed by atoms with Gasteiger partial charge >= 0.3 is 0 Å². The number of nitrogens with zero attached hydrogens (tertiary/aromatic N) is 1. The van der Waals surface area contributed by atoms with Crippen molar-refractivity contribution in [3.05, 3.63) is 23.8 Å². The molecule has 0 saturated carbocycles. The zero-order valence-corrected chi connectivity index (χ0v) is 11.9. The number of amides is 1. The van der Waals surface area contributed by atoms with Gasteiger partial charge in [-0.15, -0.1) is 0 Å². The van der Waals surface area contributed by atoms with Gasteiger partial charge in [0.25, 0.3) is 0 Å². The van der Waals surface area contributed by atoms with Crippen LogP contribution in [-0.4, -0.2) is 26.1 Å². The summed E-state index contributed by atoms with van der Waals surface area (Å²) >= 11 is 0. The Morgan fingerprint density at radius 1 is 1.47 bits per heavy atom. The number of hydrogen-bond acceptors (Lipinski definition) is 3. The van der Waals surface area contributed by atoms with Gasteiger partial charge in [-0.1, -0.05) is 12.1 Å². The number of fused-ring (bicyclic) bond motifs is 1. The molecule has 4 nitrogen and oxygen atoms in total. The first-order valence-electron chi connectivity index (χ1n) is 6.69. The van der Waals surface area contributed by atoms with Crippen molar-refractivity contribution in [3.8, 4) is 5.75 Å². The normalized spacial score (nSPS) is 15.1. The SMILES string of the molecule is COc1cccc2c1N(C(=O)C(C)(C)CN)CCC2. The van der Waals surface area contributed by atoms with Crippen molar-refractivity contribution in [1.29, 1.82) is 0 Å². The molecule has 19 heavy (non-hydrogen) atoms. The molecule has 0 saturated heterocycles. The highest BCUT2D eigenvalue weighted by Crippen LogP contribution is 2.38. The second-order valence-electron chi connectivity index (χ2n) is 5.62. The van der Waals surface area contributed by atoms with Crippen LogP contribution in [0.15, 0.2) is 18.2 Å². The lowest BCUT2D eigenvalue weighted by Gasteiger charge is -2.35. The van der Waals surface area contributed by atoms with Gasteiger partial charge in [0, 0.05) is 13.1 Å². The predicted octanol–water partition coefficient (Wildman–Crippen LogP) is 1.96. The molecule has 1 heterocycles. The van der Waals surface area contributed by atoms with Crippen molar-refractivity contribution in [3.63, 3.8) is 0 Å². The van der Waals surface area contributed by atoms with Gasteiger partial charge in [-0.05, 0) is 38.3 Å². The Morgan fingerprint density at radius 3 is 2.84 bits per heavy atom. The van der Waals surface area contributed by atoms with E-state index >= 15 is 0 Å². The molecule has 104 valence electrons. The average molecular weight is 262 g/mol. The number of hydrogen-bond donors (Lipinski definition) is 1. The second kappa shape index (κ2) is 5.21. The summed E-state index contributed by atoms with van der Waals surface area (Å²) in [5.74, 6) is 0.832. The largest absolute Gasteiger partial charge is 0.495 e. The lowest BCUT2D eigenvalue weighted by molar-refractivity contribution is -0.126. The molecule has 0 radical (unpaired) electrons. The van der Waals surface area contributed by atoms with E-state index in [9.17, 15) is 4.79 Å². The summed E-state index contributed by atoms with van der Waals surface area (Å²) in [5, 5.41) is 0. The highest BCUT2D eigenvalue weighted by Gasteiger charge is 2.34. The second-order valence-corrected chi connectivity index (χ2v) is 5.62. The molecule has 1 aliphatic rings. The van der Waals surface area contributed by atoms with E-state index in [0.29, 0.717) is 6.54 Å². The van der Waals surface area contributed by atoms with E-state index in [1.807, 2.05) is 30.9 Å². The highest BCUT2D eigenvalue weighted by atomic mass is 16.5. The molecule has 0 spiro atoms. The third-order valence-corrected chi connectivity index (χ3v) is 3.73. The Morgan fingerprint density at radius 2 is 2.21 bits per heavy atom. The Hall–Kier alpha value is -1.55. The van der Waals surface area contributed by atoms with Crippen LogP contribution in [0.4, 0.5) is 5.69 Å². The topological polar surface area (TPSA) is 55.6 Å². The summed E-state index contributed by atoms with van der Waals surface area (Å²) in [7, 11) is 1.64. The van der Waals surface area contributed by atoms with Crippen LogP contribution in [0.1, 0.15) is 25.8 Å². The standard InChI is InChI=1S/C15H22N2O2/c1-15(2,10-16)14(18)17-9-5-7-11-6-4-8-12(19-3)13(11)17/h4,6,8H,5,7,9-10,16H2,1-3H3. The average Bonchev–Trinajstić information content (AvgIpc) is 2.45. The molecule has 0 aliphatic carbocycles. The monoisotopic (exact) mass is 262 g/mol. The maximum atomic E-state index is 12.7. The fourth-order valence-electron chi connectivity index (χ4n) is 2.44. The first-order chi connectivity index (χ1) is 9.01. The fraction of sp³-hybridized carbons (Fsp3) is 0.533. The van der Waals surface area contributed by atoms with E-state index in [2.05, 4.69) is 6.07 Å². The van der Waals surface area contributed by atoms with Crippen LogP contribution in [0, 0.1) is 5.41 Å². The number of ether oxygens (including phenoxy) is 1. The van der Waals surface area contributed by atoms with Gasteiger partial charge in [0.05, 0.1) is 18.2 Å². The number of aryl methyl sites for hydroxylation is 1. The van der Waals surface area contributed by atoms with Gasteiger partial charge in [-0.25, -0.2) is 0 Å². The summed E-state index contributed by atoms with van der Waals surface area (Å²) < 4.78 is 5.41. The van der Waals surface area contributed by atoms with Crippen molar-refractivity contribution in [2.75, 3.05) is 25.1 Å². The molecule has 4 heteroatoms. The van der Waals surface area contributed by atoms with Crippen LogP contribution in [0.25, 0.3) is 0 Å². The Kier molecular flexibility index (Phi) is 3.80. The molecule has 0 unspecified atom stereocenters. The zero-order valence-electron chi connectivity index (χ0n) is 11.9. The summed E-state index contributed by atoms with van der Waals surface area (Å²) in [6.45, 7) is 4.85. The fourth-order valence-corrected chi connectivity index (χ4v) is 2.44. The number of methoxy groups -OCH3 is 1. The van der Waals surface area contributed by atoms with E-state index in [0.717, 1.165) is 30.8 Å². The summed E-state index contributed by atoms with van der Waals surface area (Å²) in [5.41, 5.74) is 7.27. The van der Waals surface area contributed by atoms with Crippen LogP contribution in [0.5, 0.6) is 5.75 Å². The molecule has 1 aromatic rings. The Labute approximate surface area is 114 Å². The number of anilines is 1. The van der Waals surface area contributed by atoms with E-state index in [1.165, 1.54) is 5.56 Å². The minimum Gasteiger partial charge on any atom is -0.495 e. The van der Waals surface area contributed by atoms with Crippen LogP contribution >= 0.6 is 0 Å². The van der Waals surface area contributed by atoms with Crippen LogP contribution < -0.4 is 15.4 Å². The van der Waals surface area contributed by atoms with E-state index < -0.39 is 5.41 Å². The lowest BCUT2D eigenvalue weighted by Crippen LogP contribution is -2.46. The van der Waals surface area contributed by atoms with Crippen LogP contribution in [0.3, 0.4) is 0 Å². The van der Waals surface area contributed by atoms with Crippen molar-refractivity contribution in [1.82, 2.24) is 0 Å². The number of carbonyl (C=O) groups is 1. The maximum Gasteiger partial charge on any atom is 0.234 e. The first kappa shape index (κ1) is 13.9. The molecule has 0 atom stereocenters. The van der Waals surface area contributed by atoms with Crippen molar-refractivity contribution in [2.45, 2.75) is 26.7 Å². The zero-order chi connectivity index (χ0) is 14.0. The van der Waals surface area contributed by atoms with E-state index in [1.54, 1.807) is 7.11 Å². The molecule has 1 aliphatic heterocycles. The van der Waals surface area contributed by atoms with Gasteiger partial charge in [0.1, 0.15) is 5.75 Å². The van der Waals surface area contributed by atoms with Gasteiger partial charge in [-0.3, -0.25) is 4.79 Å². The van der Waals surface area contributed by atoms with Gasteiger partial charge < -0.3 is 15.4 Å². The lowest BCUT2D eigenvalue weighted by atomic mass is 9.89. The third kappa shape index (κ3) is 2.45. The van der Waals surface area contributed by atoms with E-state index in [-0.39, 0.29) is 5.91 Å². The predicted molar refractivity (Wildman–Crippen MR) is 76.5 cm³/mol. The first-order valence-corrected chi connectivity index (χ1v) is 6.69. The molecule has 0 aromatic heterocycles. The van der Waals surface area contributed by atoms with E-state index in [4.69, 9.17) is 10.5 Å². The Balaban J connectivity index is 2.45. The van der Waals surface area contributed by atoms with Gasteiger partial charge in [-0.2, -0.15) is 0 Å². The number of rotatable bonds is 3. The molecular formula is C15H22N2O2. The van der Waals surface area contributed by atoms with Crippen molar-refractivity contribution in [2.24, 2.45) is 11.1 Å². The molecule has 1 amide bonds. The Bertz CT molecular complexity index is 469. The smallest absolute Gasteiger partial charge is 0.234 e. The number of carbonyl (C=O) groups excluding carboxylic acids is 1. The van der Waals surface area contributed by atoms with Crippen molar-refractivity contribution >= 4 is 11.6 Å². The third-order valence-electron chi connectivity index (χ3n) is 3.73. The number of benzene rings is 1. The minimum atomic E-state index is -0.546. The van der Waals surface area contributed by atoms with Gasteiger partial charge in [0.15, 0.2) is 0 Å². The highest BCUT2D eigenvalue weighted by molar-refractivity contribution is 5.99. The summed E-state index contributed by atoms with van der Waals surface area (Å²) in [4.78, 5) is 14.5. The molecule has 1 aromatic carbocycles. The maximum absolute atomic E-state index is 12.7. The van der Waals surface area contributed by atoms with Crippen molar-refractivity contribution < 1.29 is 9.53 Å². The van der Waals surface area contributed by atoms with Gasteiger partial charge in [0.2, 0.25) is 5.91 Å². The summed E-state index contributed by atoms with van der Waals surface area (Å²) in [6, 6.07) is 5.94.